The van der Waals surface area contributed by atoms with Crippen LogP contribution in [-0.4, -0.2) is 41.0 Å². The minimum absolute atomic E-state index is 0.261. The summed E-state index contributed by atoms with van der Waals surface area (Å²) in [6, 6.07) is 7.03. The number of benzene rings is 1. The van der Waals surface area contributed by atoms with Crippen LogP contribution in [0.4, 0.5) is 4.79 Å². The normalized spacial score (nSPS) is 13.4. The first-order valence-corrected chi connectivity index (χ1v) is 11.6. The van der Waals surface area contributed by atoms with Crippen LogP contribution in [0.1, 0.15) is 78.0 Å². The van der Waals surface area contributed by atoms with Gasteiger partial charge in [-0.3, -0.25) is 14.5 Å². The van der Waals surface area contributed by atoms with E-state index in [0.717, 1.165) is 17.7 Å². The van der Waals surface area contributed by atoms with E-state index in [9.17, 15) is 14.4 Å². The molecule has 0 radical (unpaired) electrons. The molecule has 0 aliphatic carbocycles. The molecule has 1 rings (SSSR count). The molecule has 0 aromatic heterocycles. The van der Waals surface area contributed by atoms with Gasteiger partial charge in [-0.2, -0.15) is 0 Å². The molecule has 0 fully saturated rings. The van der Waals surface area contributed by atoms with Gasteiger partial charge in [0.2, 0.25) is 5.91 Å². The van der Waals surface area contributed by atoms with Crippen molar-refractivity contribution in [1.29, 1.82) is 0 Å². The summed E-state index contributed by atoms with van der Waals surface area (Å²) in [4.78, 5) is 40.4. The van der Waals surface area contributed by atoms with Gasteiger partial charge in [0.1, 0.15) is 17.7 Å². The van der Waals surface area contributed by atoms with E-state index < -0.39 is 35.6 Å². The Labute approximate surface area is 204 Å². The van der Waals surface area contributed by atoms with Crippen LogP contribution < -0.4 is 10.6 Å². The van der Waals surface area contributed by atoms with E-state index in [0.29, 0.717) is 24.1 Å². The van der Waals surface area contributed by atoms with E-state index in [2.05, 4.69) is 22.6 Å². The molecule has 184 valence electrons. The van der Waals surface area contributed by atoms with Gasteiger partial charge in [-0.05, 0) is 50.8 Å². The molecule has 0 bridgehead atoms. The number of carbonyl (C=O) groups is 3. The Morgan fingerprint density at radius 2 is 1.74 bits per heavy atom. The molecule has 0 aliphatic rings. The van der Waals surface area contributed by atoms with Gasteiger partial charge >= 0.3 is 6.09 Å². The second-order valence-corrected chi connectivity index (χ2v) is 9.16. The fourth-order valence-corrected chi connectivity index (χ4v) is 3.20. The van der Waals surface area contributed by atoms with Crippen molar-refractivity contribution in [2.24, 2.45) is 5.92 Å². The van der Waals surface area contributed by atoms with Crippen molar-refractivity contribution < 1.29 is 19.1 Å². The van der Waals surface area contributed by atoms with Crippen LogP contribution in [-0.2, 0) is 14.3 Å². The molecule has 1 aromatic carbocycles. The average Bonchev–Trinajstić information content (AvgIpc) is 2.79. The van der Waals surface area contributed by atoms with Crippen molar-refractivity contribution in [1.82, 2.24) is 15.5 Å². The summed E-state index contributed by atoms with van der Waals surface area (Å²) in [6.45, 7) is 11.4. The zero-order chi connectivity index (χ0) is 25.9. The lowest BCUT2D eigenvalue weighted by Gasteiger charge is -2.32. The molecular weight excluding hydrogens is 430 g/mol. The zero-order valence-electron chi connectivity index (χ0n) is 21.1. The zero-order valence-corrected chi connectivity index (χ0v) is 21.1. The predicted octanol–water partition coefficient (Wildman–Crippen LogP) is 3.98. The summed E-state index contributed by atoms with van der Waals surface area (Å²) in [5.74, 6) is 1.29. The molecule has 3 atom stereocenters. The first-order chi connectivity index (χ1) is 16.0. The van der Waals surface area contributed by atoms with Gasteiger partial charge in [0.25, 0.3) is 5.91 Å². The maximum atomic E-state index is 13.6. The minimum Gasteiger partial charge on any atom is -0.444 e. The van der Waals surface area contributed by atoms with Gasteiger partial charge in [-0.15, -0.1) is 6.42 Å². The van der Waals surface area contributed by atoms with Gasteiger partial charge in [0.15, 0.2) is 0 Å². The van der Waals surface area contributed by atoms with Crippen LogP contribution in [0.25, 0.3) is 0 Å². The molecule has 1 aromatic rings. The topological polar surface area (TPSA) is 87.7 Å². The second-order valence-electron chi connectivity index (χ2n) is 9.16. The average molecular weight is 468 g/mol. The summed E-state index contributed by atoms with van der Waals surface area (Å²) >= 11 is 0. The SMILES string of the molecule is C#Cc1ccc(C(C(=O)NCCCC)N(C#C)C(=O)C(NC(=O)OC(C)(C)C)C(C)CC)cc1. The number of amides is 3. The summed E-state index contributed by atoms with van der Waals surface area (Å²) in [6.07, 6.45) is 12.8. The largest absolute Gasteiger partial charge is 0.444 e. The van der Waals surface area contributed by atoms with Crippen molar-refractivity contribution >= 4 is 17.9 Å². The van der Waals surface area contributed by atoms with Crippen LogP contribution in [0.5, 0.6) is 0 Å². The summed E-state index contributed by atoms with van der Waals surface area (Å²) in [5.41, 5.74) is 0.412. The van der Waals surface area contributed by atoms with E-state index in [4.69, 9.17) is 17.6 Å². The highest BCUT2D eigenvalue weighted by atomic mass is 16.6. The fraction of sp³-hybridized carbons (Fsp3) is 0.519. The number of hydrogen-bond acceptors (Lipinski definition) is 4. The second kappa shape index (κ2) is 13.3. The number of unbranched alkanes of at least 4 members (excludes halogenated alkanes) is 1. The monoisotopic (exact) mass is 467 g/mol. The van der Waals surface area contributed by atoms with E-state index in [1.54, 1.807) is 45.0 Å². The number of alkyl carbamates (subject to hydrolysis) is 1. The Kier molecular flexibility index (Phi) is 11.2. The Balaban J connectivity index is 3.37. The molecule has 3 amide bonds. The third-order valence-electron chi connectivity index (χ3n) is 5.26. The quantitative estimate of drug-likeness (QED) is 0.309. The Morgan fingerprint density at radius 3 is 2.21 bits per heavy atom. The molecule has 2 N–H and O–H groups in total. The number of ether oxygens (including phenoxy) is 1. The van der Waals surface area contributed by atoms with Crippen LogP contribution >= 0.6 is 0 Å². The molecule has 0 saturated heterocycles. The van der Waals surface area contributed by atoms with Crippen LogP contribution in [0.15, 0.2) is 24.3 Å². The number of terminal acetylenes is 2. The smallest absolute Gasteiger partial charge is 0.408 e. The van der Waals surface area contributed by atoms with Crippen molar-refractivity contribution in [3.8, 4) is 24.8 Å². The highest BCUT2D eigenvalue weighted by Gasteiger charge is 2.37. The van der Waals surface area contributed by atoms with Crippen molar-refractivity contribution in [3.63, 3.8) is 0 Å². The summed E-state index contributed by atoms with van der Waals surface area (Å²) < 4.78 is 5.34. The number of hydrogen-bond donors (Lipinski definition) is 2. The Morgan fingerprint density at radius 1 is 1.12 bits per heavy atom. The van der Waals surface area contributed by atoms with Gasteiger partial charge in [0.05, 0.1) is 0 Å². The highest BCUT2D eigenvalue weighted by Crippen LogP contribution is 2.24. The lowest BCUT2D eigenvalue weighted by molar-refractivity contribution is -0.139. The van der Waals surface area contributed by atoms with E-state index in [1.165, 1.54) is 0 Å². The first kappa shape index (κ1) is 28.6. The summed E-state index contributed by atoms with van der Waals surface area (Å²) in [5, 5.41) is 5.50. The molecule has 0 heterocycles. The lowest BCUT2D eigenvalue weighted by Crippen LogP contribution is -2.54. The molecule has 0 spiro atoms. The van der Waals surface area contributed by atoms with Crippen molar-refractivity contribution in [3.05, 3.63) is 35.4 Å². The number of nitrogens with zero attached hydrogens (tertiary/aromatic N) is 1. The maximum Gasteiger partial charge on any atom is 0.408 e. The van der Waals surface area contributed by atoms with Crippen molar-refractivity contribution in [2.75, 3.05) is 6.54 Å². The molecule has 7 heteroatoms. The van der Waals surface area contributed by atoms with Gasteiger partial charge in [0, 0.05) is 18.2 Å². The molecule has 7 nitrogen and oxygen atoms in total. The molecule has 34 heavy (non-hydrogen) atoms. The van der Waals surface area contributed by atoms with E-state index in [-0.39, 0.29) is 5.92 Å². The lowest BCUT2D eigenvalue weighted by atomic mass is 9.96. The third kappa shape index (κ3) is 8.48. The highest BCUT2D eigenvalue weighted by molar-refractivity contribution is 5.93. The number of rotatable bonds is 10. The van der Waals surface area contributed by atoms with E-state index >= 15 is 0 Å². The molecule has 3 unspecified atom stereocenters. The summed E-state index contributed by atoms with van der Waals surface area (Å²) in [7, 11) is 0. The van der Waals surface area contributed by atoms with Gasteiger partial charge in [-0.1, -0.05) is 58.1 Å². The van der Waals surface area contributed by atoms with Gasteiger partial charge < -0.3 is 15.4 Å². The Bertz CT molecular complexity index is 919. The fourth-order valence-electron chi connectivity index (χ4n) is 3.20. The van der Waals surface area contributed by atoms with Crippen LogP contribution in [0.3, 0.4) is 0 Å². The number of nitrogens with one attached hydrogen (secondary N) is 2. The minimum atomic E-state index is -1.09. The molecular formula is C27H37N3O4. The van der Waals surface area contributed by atoms with Crippen LogP contribution in [0.2, 0.25) is 0 Å². The Hall–Kier alpha value is -3.45. The molecule has 0 aliphatic heterocycles. The van der Waals surface area contributed by atoms with Gasteiger partial charge in [-0.25, -0.2) is 4.79 Å². The predicted molar refractivity (Wildman–Crippen MR) is 133 cm³/mol. The van der Waals surface area contributed by atoms with Crippen LogP contribution in [0, 0.1) is 30.7 Å². The van der Waals surface area contributed by atoms with E-state index in [1.807, 2.05) is 20.8 Å². The third-order valence-corrected chi connectivity index (χ3v) is 5.26. The molecule has 0 saturated carbocycles. The maximum absolute atomic E-state index is 13.6. The van der Waals surface area contributed by atoms with Crippen molar-refractivity contribution in [2.45, 2.75) is 78.5 Å². The first-order valence-electron chi connectivity index (χ1n) is 11.6. The standard InChI is InChI=1S/C27H37N3O4/c1-9-13-18-28-24(31)23(21-16-14-20(11-3)15-17-21)30(12-4)25(32)22(19(5)10-2)29-26(33)34-27(6,7)8/h3-4,14-17,19,22-23H,9-10,13,18H2,1-2,5-8H3,(H,28,31)(H,29,33). The number of carbonyl (C=O) groups excluding carboxylic acids is 3.